The normalized spacial score (nSPS) is 18.2. The van der Waals surface area contributed by atoms with Crippen LogP contribution in [0.4, 0.5) is 17.3 Å². The van der Waals surface area contributed by atoms with Crippen molar-refractivity contribution in [3.8, 4) is 11.4 Å². The summed E-state index contributed by atoms with van der Waals surface area (Å²) < 4.78 is 5.55. The molecule has 0 bridgehead atoms. The van der Waals surface area contributed by atoms with Crippen molar-refractivity contribution in [1.29, 1.82) is 0 Å². The lowest BCUT2D eigenvalue weighted by molar-refractivity contribution is -0.104. The first kappa shape index (κ1) is 24.4. The van der Waals surface area contributed by atoms with Crippen LogP contribution in [0.25, 0.3) is 11.4 Å². The number of hydrogen-bond donors (Lipinski definition) is 1. The minimum atomic E-state index is -0.0419. The quantitative estimate of drug-likeness (QED) is 0.317. The number of morpholine rings is 1. The number of nitrogens with one attached hydrogen (secondary N) is 1. The van der Waals surface area contributed by atoms with Crippen molar-refractivity contribution in [2.75, 3.05) is 68.7 Å². The number of carbonyl (C=O) groups is 1. The van der Waals surface area contributed by atoms with E-state index in [1.54, 1.807) is 12.4 Å². The average Bonchev–Trinajstić information content (AvgIpc) is 3.18. The Morgan fingerprint density at radius 3 is 2.69 bits per heavy atom. The number of aldehydes is 1. The number of likely N-dealkylation sites (N-methyl/N-ethyl adjacent to an activating group) is 2. The second-order valence-electron chi connectivity index (χ2n) is 8.38. The van der Waals surface area contributed by atoms with Gasteiger partial charge in [-0.05, 0) is 20.7 Å². The molecule has 0 aromatic carbocycles. The van der Waals surface area contributed by atoms with Crippen LogP contribution in [0, 0.1) is 6.92 Å². The molecule has 35 heavy (non-hydrogen) atoms. The molecule has 0 spiro atoms. The van der Waals surface area contributed by atoms with Gasteiger partial charge < -0.3 is 19.9 Å². The fourth-order valence-electron chi connectivity index (χ4n) is 3.88. The number of aromatic nitrogens is 4. The fraction of sp³-hybridized carbons (Fsp3) is 0.435. The molecule has 2 aromatic heterocycles. The van der Waals surface area contributed by atoms with Crippen molar-refractivity contribution >= 4 is 36.5 Å². The van der Waals surface area contributed by atoms with Gasteiger partial charge in [-0.1, -0.05) is 0 Å². The highest BCUT2D eigenvalue weighted by Crippen LogP contribution is 2.40. The lowest BCUT2D eigenvalue weighted by Gasteiger charge is -2.29. The van der Waals surface area contributed by atoms with Crippen molar-refractivity contribution in [3.05, 3.63) is 30.0 Å². The third kappa shape index (κ3) is 5.66. The molecule has 2 aliphatic rings. The largest absolute Gasteiger partial charge is 0.378 e. The molecule has 2 aromatic rings. The maximum atomic E-state index is 11.0. The van der Waals surface area contributed by atoms with Gasteiger partial charge in [-0.15, -0.1) is 0 Å². The molecule has 0 radical (unpaired) electrons. The van der Waals surface area contributed by atoms with Gasteiger partial charge in [0.05, 0.1) is 31.0 Å². The van der Waals surface area contributed by atoms with E-state index in [4.69, 9.17) is 14.7 Å². The number of aliphatic imine (C=N–C) groups is 2. The van der Waals surface area contributed by atoms with Crippen LogP contribution in [-0.2, 0) is 9.53 Å². The zero-order valence-corrected chi connectivity index (χ0v) is 20.3. The molecule has 2 aliphatic heterocycles. The average molecular weight is 479 g/mol. The van der Waals surface area contributed by atoms with Gasteiger partial charge in [-0.2, -0.15) is 0 Å². The highest BCUT2D eigenvalue weighted by molar-refractivity contribution is 6.01. The summed E-state index contributed by atoms with van der Waals surface area (Å²) in [6, 6.07) is 0. The summed E-state index contributed by atoms with van der Waals surface area (Å²) in [5.41, 5.74) is 2.04. The number of aryl methyl sites for hydroxylation is 1. The van der Waals surface area contributed by atoms with E-state index in [9.17, 15) is 4.79 Å². The van der Waals surface area contributed by atoms with Gasteiger partial charge >= 0.3 is 0 Å². The SMILES string of the molecule is C=N/C=C(/C=O)C=NCN(C)CC1Nc2c(N3CCOCC3)nc(-c3cnc(C)nc3)nc2N1C. The number of allylic oxidation sites excluding steroid dienone is 1. The molecule has 1 unspecified atom stereocenters. The van der Waals surface area contributed by atoms with Gasteiger partial charge in [0.25, 0.3) is 0 Å². The Bertz CT molecular complexity index is 1110. The number of nitrogens with zero attached hydrogens (tertiary/aromatic N) is 9. The molecule has 1 fully saturated rings. The first-order chi connectivity index (χ1) is 17.0. The molecule has 0 amide bonds. The molecule has 12 heteroatoms. The maximum Gasteiger partial charge on any atom is 0.167 e. The molecule has 1 atom stereocenters. The summed E-state index contributed by atoms with van der Waals surface area (Å²) in [5.74, 6) is 2.95. The number of ether oxygens (including phenoxy) is 1. The van der Waals surface area contributed by atoms with E-state index in [1.807, 2.05) is 21.0 Å². The van der Waals surface area contributed by atoms with Gasteiger partial charge in [0.1, 0.15) is 17.7 Å². The minimum absolute atomic E-state index is 0.0419. The predicted octanol–water partition coefficient (Wildman–Crippen LogP) is 1.01. The van der Waals surface area contributed by atoms with Crippen LogP contribution >= 0.6 is 0 Å². The van der Waals surface area contributed by atoms with E-state index >= 15 is 0 Å². The molecule has 1 saturated heterocycles. The molecule has 184 valence electrons. The van der Waals surface area contributed by atoms with Crippen molar-refractivity contribution in [3.63, 3.8) is 0 Å². The fourth-order valence-corrected chi connectivity index (χ4v) is 3.88. The lowest BCUT2D eigenvalue weighted by atomic mass is 10.3. The smallest absolute Gasteiger partial charge is 0.167 e. The van der Waals surface area contributed by atoms with Crippen LogP contribution in [0.3, 0.4) is 0 Å². The van der Waals surface area contributed by atoms with Crippen molar-refractivity contribution < 1.29 is 9.53 Å². The van der Waals surface area contributed by atoms with Crippen molar-refractivity contribution in [2.24, 2.45) is 9.98 Å². The summed E-state index contributed by atoms with van der Waals surface area (Å²) in [6.07, 6.45) is 7.04. The number of rotatable bonds is 9. The topological polar surface area (TPSA) is 124 Å². The van der Waals surface area contributed by atoms with Gasteiger partial charge in [0.2, 0.25) is 0 Å². The molecular formula is C23H30N10O2. The summed E-state index contributed by atoms with van der Waals surface area (Å²) >= 11 is 0. The Kier molecular flexibility index (Phi) is 7.73. The molecule has 1 N–H and O–H groups in total. The van der Waals surface area contributed by atoms with Gasteiger partial charge in [0, 0.05) is 51.5 Å². The van der Waals surface area contributed by atoms with Crippen LogP contribution in [0.2, 0.25) is 0 Å². The number of carbonyl (C=O) groups excluding carboxylic acids is 1. The number of fused-ring (bicyclic) bond motifs is 1. The third-order valence-corrected chi connectivity index (χ3v) is 5.76. The number of hydrogen-bond acceptors (Lipinski definition) is 12. The van der Waals surface area contributed by atoms with E-state index in [0.717, 1.165) is 36.0 Å². The second kappa shape index (κ2) is 11.1. The second-order valence-corrected chi connectivity index (χ2v) is 8.38. The van der Waals surface area contributed by atoms with Gasteiger partial charge in [0.15, 0.2) is 23.7 Å². The number of anilines is 3. The van der Waals surface area contributed by atoms with E-state index in [-0.39, 0.29) is 6.17 Å². The van der Waals surface area contributed by atoms with Crippen LogP contribution in [0.15, 0.2) is 34.2 Å². The molecule has 0 saturated carbocycles. The van der Waals surface area contributed by atoms with E-state index in [0.29, 0.717) is 49.9 Å². The Balaban J connectivity index is 1.56. The Morgan fingerprint density at radius 2 is 2.00 bits per heavy atom. The molecular weight excluding hydrogens is 448 g/mol. The van der Waals surface area contributed by atoms with Crippen LogP contribution < -0.4 is 15.1 Å². The zero-order valence-electron chi connectivity index (χ0n) is 20.3. The van der Waals surface area contributed by atoms with Gasteiger partial charge in [-0.3, -0.25) is 19.7 Å². The van der Waals surface area contributed by atoms with Crippen molar-refractivity contribution in [1.82, 2.24) is 24.8 Å². The third-order valence-electron chi connectivity index (χ3n) is 5.76. The zero-order chi connectivity index (χ0) is 24.8. The summed E-state index contributed by atoms with van der Waals surface area (Å²) in [6.45, 7) is 9.10. The van der Waals surface area contributed by atoms with Crippen LogP contribution in [0.5, 0.6) is 0 Å². The molecule has 4 heterocycles. The highest BCUT2D eigenvalue weighted by atomic mass is 16.5. The standard InChI is InChI=1S/C23H30N10O2/c1-16-26-11-18(12-27-16)21-29-22-20(23(30-21)33-5-7-35-8-6-33)28-19(32(22)4)13-31(3)15-25-10-17(14-34)9-24-2/h9-12,14,19,28H,2,5-8,13,15H2,1,3-4H3/b17-9+,25-10?. The van der Waals surface area contributed by atoms with Crippen LogP contribution in [-0.4, -0.2) is 104 Å². The molecule has 4 rings (SSSR count). The predicted molar refractivity (Wildman–Crippen MR) is 136 cm³/mol. The molecule has 12 nitrogen and oxygen atoms in total. The highest BCUT2D eigenvalue weighted by Gasteiger charge is 2.33. The first-order valence-corrected chi connectivity index (χ1v) is 11.3. The van der Waals surface area contributed by atoms with Gasteiger partial charge in [-0.25, -0.2) is 19.9 Å². The van der Waals surface area contributed by atoms with E-state index < -0.39 is 0 Å². The Morgan fingerprint density at radius 1 is 1.29 bits per heavy atom. The monoisotopic (exact) mass is 478 g/mol. The summed E-state index contributed by atoms with van der Waals surface area (Å²) in [7, 11) is 3.98. The van der Waals surface area contributed by atoms with E-state index in [1.165, 1.54) is 12.4 Å². The van der Waals surface area contributed by atoms with Crippen molar-refractivity contribution in [2.45, 2.75) is 13.1 Å². The Labute approximate surface area is 204 Å². The summed E-state index contributed by atoms with van der Waals surface area (Å²) in [4.78, 5) is 43.7. The summed E-state index contributed by atoms with van der Waals surface area (Å²) in [5, 5.41) is 3.60. The Hall–Kier alpha value is -3.77. The molecule has 0 aliphatic carbocycles. The van der Waals surface area contributed by atoms with Crippen LogP contribution in [0.1, 0.15) is 5.82 Å². The maximum absolute atomic E-state index is 11.0. The lowest BCUT2D eigenvalue weighted by Crippen LogP contribution is -2.42. The minimum Gasteiger partial charge on any atom is -0.378 e. The first-order valence-electron chi connectivity index (χ1n) is 11.3. The van der Waals surface area contributed by atoms with E-state index in [2.05, 4.69) is 46.7 Å².